The summed E-state index contributed by atoms with van der Waals surface area (Å²) in [5.74, 6) is -0.651. The summed E-state index contributed by atoms with van der Waals surface area (Å²) in [5, 5.41) is 3.70. The van der Waals surface area contributed by atoms with Crippen molar-refractivity contribution < 1.29 is 14.3 Å². The minimum Gasteiger partial charge on any atom is -0.464 e. The molecule has 1 aromatic heterocycles. The molecule has 2 heterocycles. The fourth-order valence-electron chi connectivity index (χ4n) is 3.00. The van der Waals surface area contributed by atoms with Crippen LogP contribution in [-0.4, -0.2) is 24.0 Å². The maximum Gasteiger partial charge on any atom is 0.355 e. The number of ether oxygens (including phenoxy) is 1. The van der Waals surface area contributed by atoms with Gasteiger partial charge in [0.25, 0.3) is 5.91 Å². The van der Waals surface area contributed by atoms with E-state index < -0.39 is 5.97 Å². The van der Waals surface area contributed by atoms with Crippen molar-refractivity contribution in [1.29, 1.82) is 0 Å². The Kier molecular flexibility index (Phi) is 3.20. The average molecular weight is 318 g/mol. The van der Waals surface area contributed by atoms with Crippen molar-refractivity contribution >= 4 is 40.1 Å². The minimum absolute atomic E-state index is 0.183. The quantitative estimate of drug-likeness (QED) is 0.561. The Hall–Kier alpha value is -3.34. The molecule has 3 aromatic rings. The highest BCUT2D eigenvalue weighted by atomic mass is 16.5. The molecule has 0 spiro atoms. The van der Waals surface area contributed by atoms with Crippen LogP contribution in [0.1, 0.15) is 21.6 Å². The maximum atomic E-state index is 12.3. The number of rotatable bonds is 2. The predicted molar refractivity (Wildman–Crippen MR) is 92.6 cm³/mol. The molecule has 0 fully saturated rings. The SMILES string of the molecule is COC(=O)c1[nH]c2ccccc2c1/C=C1/C(=O)Nc2ccccc21. The van der Waals surface area contributed by atoms with Gasteiger partial charge in [0.05, 0.1) is 7.11 Å². The van der Waals surface area contributed by atoms with E-state index >= 15 is 0 Å². The van der Waals surface area contributed by atoms with Crippen LogP contribution in [0.5, 0.6) is 0 Å². The Labute approximate surface area is 137 Å². The Bertz CT molecular complexity index is 1010. The van der Waals surface area contributed by atoms with E-state index in [-0.39, 0.29) is 5.91 Å². The molecule has 0 radical (unpaired) electrons. The Morgan fingerprint density at radius 3 is 2.67 bits per heavy atom. The van der Waals surface area contributed by atoms with Gasteiger partial charge in [-0.05, 0) is 18.2 Å². The number of H-pyrrole nitrogens is 1. The zero-order valence-electron chi connectivity index (χ0n) is 12.9. The second kappa shape index (κ2) is 5.38. The van der Waals surface area contributed by atoms with E-state index in [0.717, 1.165) is 22.2 Å². The lowest BCUT2D eigenvalue weighted by atomic mass is 10.0. The molecule has 5 nitrogen and oxygen atoms in total. The number of fused-ring (bicyclic) bond motifs is 2. The number of benzene rings is 2. The normalized spacial score (nSPS) is 14.7. The summed E-state index contributed by atoms with van der Waals surface area (Å²) >= 11 is 0. The molecule has 2 N–H and O–H groups in total. The van der Waals surface area contributed by atoms with Gasteiger partial charge >= 0.3 is 5.97 Å². The molecule has 4 rings (SSSR count). The first-order valence-electron chi connectivity index (χ1n) is 7.50. The third-order valence-corrected chi connectivity index (χ3v) is 4.13. The highest BCUT2D eigenvalue weighted by molar-refractivity contribution is 6.35. The summed E-state index contributed by atoms with van der Waals surface area (Å²) in [6, 6.07) is 15.0. The fourth-order valence-corrected chi connectivity index (χ4v) is 3.00. The molecule has 24 heavy (non-hydrogen) atoms. The van der Waals surface area contributed by atoms with Crippen LogP contribution in [0.25, 0.3) is 22.6 Å². The molecule has 1 aliphatic heterocycles. The lowest BCUT2D eigenvalue weighted by molar-refractivity contribution is -0.110. The summed E-state index contributed by atoms with van der Waals surface area (Å²) in [4.78, 5) is 27.5. The number of methoxy groups -OCH3 is 1. The van der Waals surface area contributed by atoms with Gasteiger partial charge in [-0.15, -0.1) is 0 Å². The second-order valence-corrected chi connectivity index (χ2v) is 5.51. The third-order valence-electron chi connectivity index (χ3n) is 4.13. The standard InChI is InChI=1S/C19H14N2O3/c1-24-19(23)17-13(11-6-2-4-8-15(11)20-17)10-14-12-7-3-5-9-16(12)21-18(14)22/h2-10,20H,1H3,(H,21,22)/b14-10+. The Morgan fingerprint density at radius 1 is 1.08 bits per heavy atom. The van der Waals surface area contributed by atoms with Crippen LogP contribution in [-0.2, 0) is 9.53 Å². The number of carbonyl (C=O) groups is 2. The topological polar surface area (TPSA) is 71.2 Å². The van der Waals surface area contributed by atoms with Crippen LogP contribution in [0.2, 0.25) is 0 Å². The highest BCUT2D eigenvalue weighted by Crippen LogP contribution is 2.35. The zero-order valence-corrected chi connectivity index (χ0v) is 12.9. The molecular formula is C19H14N2O3. The van der Waals surface area contributed by atoms with E-state index in [2.05, 4.69) is 10.3 Å². The van der Waals surface area contributed by atoms with E-state index in [9.17, 15) is 9.59 Å². The number of esters is 1. The monoisotopic (exact) mass is 318 g/mol. The summed E-state index contributed by atoms with van der Waals surface area (Å²) in [5.41, 5.74) is 3.93. The maximum absolute atomic E-state index is 12.3. The van der Waals surface area contributed by atoms with Gasteiger partial charge in [-0.1, -0.05) is 36.4 Å². The molecule has 0 unspecified atom stereocenters. The molecule has 2 aromatic carbocycles. The first-order valence-corrected chi connectivity index (χ1v) is 7.50. The molecule has 0 aliphatic carbocycles. The third kappa shape index (κ3) is 2.10. The van der Waals surface area contributed by atoms with Crippen LogP contribution >= 0.6 is 0 Å². The lowest BCUT2D eigenvalue weighted by Crippen LogP contribution is -2.05. The smallest absolute Gasteiger partial charge is 0.355 e. The number of anilines is 1. The first kappa shape index (κ1) is 14.3. The minimum atomic E-state index is -0.468. The van der Waals surface area contributed by atoms with Crippen molar-refractivity contribution in [1.82, 2.24) is 4.98 Å². The van der Waals surface area contributed by atoms with Gasteiger partial charge in [0.2, 0.25) is 0 Å². The van der Waals surface area contributed by atoms with Gasteiger partial charge in [-0.25, -0.2) is 4.79 Å². The number of aromatic nitrogens is 1. The summed E-state index contributed by atoms with van der Waals surface area (Å²) in [6.45, 7) is 0. The Balaban J connectivity index is 1.97. The highest BCUT2D eigenvalue weighted by Gasteiger charge is 2.25. The van der Waals surface area contributed by atoms with Crippen LogP contribution in [0.3, 0.4) is 0 Å². The fraction of sp³-hybridized carbons (Fsp3) is 0.0526. The van der Waals surface area contributed by atoms with Crippen LogP contribution in [0, 0.1) is 0 Å². The van der Waals surface area contributed by atoms with Crippen molar-refractivity contribution in [2.45, 2.75) is 0 Å². The molecule has 0 saturated heterocycles. The van der Waals surface area contributed by atoms with Gasteiger partial charge in [-0.2, -0.15) is 0 Å². The molecule has 5 heteroatoms. The number of amides is 1. The molecule has 118 valence electrons. The van der Waals surface area contributed by atoms with E-state index in [0.29, 0.717) is 16.8 Å². The van der Waals surface area contributed by atoms with Crippen molar-refractivity contribution in [3.05, 3.63) is 65.4 Å². The summed E-state index contributed by atoms with van der Waals surface area (Å²) < 4.78 is 4.87. The van der Waals surface area contributed by atoms with Gasteiger partial charge in [0.15, 0.2) is 0 Å². The largest absolute Gasteiger partial charge is 0.464 e. The summed E-state index contributed by atoms with van der Waals surface area (Å²) in [6.07, 6.45) is 1.74. The number of hydrogen-bond acceptors (Lipinski definition) is 3. The number of aromatic amines is 1. The van der Waals surface area contributed by atoms with Crippen LogP contribution < -0.4 is 5.32 Å². The summed E-state index contributed by atoms with van der Waals surface area (Å²) in [7, 11) is 1.34. The predicted octanol–water partition coefficient (Wildman–Crippen LogP) is 3.45. The van der Waals surface area contributed by atoms with E-state index in [1.165, 1.54) is 7.11 Å². The molecule has 0 bridgehead atoms. The number of hydrogen-bond donors (Lipinski definition) is 2. The van der Waals surface area contributed by atoms with E-state index in [4.69, 9.17) is 4.74 Å². The zero-order chi connectivity index (χ0) is 16.7. The van der Waals surface area contributed by atoms with Crippen LogP contribution in [0.4, 0.5) is 5.69 Å². The average Bonchev–Trinajstić information content (AvgIpc) is 3.13. The molecule has 0 saturated carbocycles. The van der Waals surface area contributed by atoms with Gasteiger partial charge in [0, 0.05) is 33.3 Å². The first-order chi connectivity index (χ1) is 11.7. The van der Waals surface area contributed by atoms with Gasteiger partial charge < -0.3 is 15.0 Å². The molecule has 1 amide bonds. The van der Waals surface area contributed by atoms with Crippen molar-refractivity contribution in [2.75, 3.05) is 12.4 Å². The van der Waals surface area contributed by atoms with Gasteiger partial charge in [0.1, 0.15) is 5.69 Å². The van der Waals surface area contributed by atoms with Crippen molar-refractivity contribution in [3.63, 3.8) is 0 Å². The molecule has 0 atom stereocenters. The number of nitrogens with one attached hydrogen (secondary N) is 2. The van der Waals surface area contributed by atoms with E-state index in [1.807, 2.05) is 48.5 Å². The number of para-hydroxylation sites is 2. The lowest BCUT2D eigenvalue weighted by Gasteiger charge is -2.01. The molecule has 1 aliphatic rings. The van der Waals surface area contributed by atoms with Crippen molar-refractivity contribution in [2.24, 2.45) is 0 Å². The van der Waals surface area contributed by atoms with Crippen LogP contribution in [0.15, 0.2) is 48.5 Å². The van der Waals surface area contributed by atoms with Gasteiger partial charge in [-0.3, -0.25) is 4.79 Å². The Morgan fingerprint density at radius 2 is 1.83 bits per heavy atom. The molecular weight excluding hydrogens is 304 g/mol. The van der Waals surface area contributed by atoms with E-state index in [1.54, 1.807) is 6.08 Å². The second-order valence-electron chi connectivity index (χ2n) is 5.51. The van der Waals surface area contributed by atoms with Crippen molar-refractivity contribution in [3.8, 4) is 0 Å². The number of carbonyl (C=O) groups excluding carboxylic acids is 2.